The Labute approximate surface area is 111 Å². The van der Waals surface area contributed by atoms with E-state index in [0.29, 0.717) is 32.4 Å². The fraction of sp³-hybridized carbons (Fsp3) is 0.818. The van der Waals surface area contributed by atoms with Crippen LogP contribution in [0.4, 0.5) is 4.79 Å². The molecule has 7 heteroatoms. The first-order chi connectivity index (χ1) is 8.54. The van der Waals surface area contributed by atoms with Gasteiger partial charge in [0.05, 0.1) is 6.10 Å². The summed E-state index contributed by atoms with van der Waals surface area (Å²) in [4.78, 5) is 24.8. The first kappa shape index (κ1) is 15.1. The van der Waals surface area contributed by atoms with Crippen molar-refractivity contribution in [3.8, 4) is 0 Å². The number of hydrogen-bond donors (Lipinski definition) is 3. The summed E-state index contributed by atoms with van der Waals surface area (Å²) < 4.78 is 0. The molecule has 1 rings (SSSR count). The molecule has 0 aliphatic carbocycles. The number of aliphatic hydroxyl groups is 1. The maximum absolute atomic E-state index is 12.2. The molecule has 0 aromatic heterocycles. The average Bonchev–Trinajstić information content (AvgIpc) is 2.34. The van der Waals surface area contributed by atoms with E-state index in [1.54, 1.807) is 16.7 Å². The van der Waals surface area contributed by atoms with Crippen LogP contribution in [0.5, 0.6) is 0 Å². The van der Waals surface area contributed by atoms with Crippen LogP contribution in [-0.2, 0) is 4.79 Å². The Bertz CT molecular complexity index is 293. The molecule has 0 saturated carbocycles. The molecule has 1 aliphatic heterocycles. The number of primary amides is 1. The van der Waals surface area contributed by atoms with Gasteiger partial charge in [0.2, 0.25) is 5.91 Å². The van der Waals surface area contributed by atoms with E-state index in [1.807, 2.05) is 6.26 Å². The minimum Gasteiger partial charge on any atom is -0.393 e. The summed E-state index contributed by atoms with van der Waals surface area (Å²) in [6.07, 6.45) is 3.39. The maximum Gasteiger partial charge on any atom is 0.312 e. The number of hydrogen-bond acceptors (Lipinski definition) is 4. The molecule has 3 amide bonds. The number of thioether (sulfide) groups is 1. The van der Waals surface area contributed by atoms with Gasteiger partial charge in [0.15, 0.2) is 0 Å². The van der Waals surface area contributed by atoms with Crippen LogP contribution in [0.2, 0.25) is 0 Å². The number of nitrogens with one attached hydrogen (secondary N) is 1. The largest absolute Gasteiger partial charge is 0.393 e. The standard InChI is InChI=1S/C11H21N3O3S/c1-18-7-4-9(13-11(12)17)10(16)14-5-2-8(15)3-6-14/h8-9,15H,2-7H2,1H3,(H3,12,13,17). The molecule has 104 valence electrons. The Morgan fingerprint density at radius 3 is 2.61 bits per heavy atom. The Hall–Kier alpha value is -0.950. The highest BCUT2D eigenvalue weighted by Gasteiger charge is 2.27. The molecule has 1 saturated heterocycles. The molecule has 18 heavy (non-hydrogen) atoms. The molecule has 1 aliphatic rings. The number of carbonyl (C=O) groups excluding carboxylic acids is 2. The van der Waals surface area contributed by atoms with E-state index in [9.17, 15) is 14.7 Å². The molecule has 1 atom stereocenters. The summed E-state index contributed by atoms with van der Waals surface area (Å²) in [6.45, 7) is 1.08. The zero-order valence-corrected chi connectivity index (χ0v) is 11.4. The van der Waals surface area contributed by atoms with E-state index in [1.165, 1.54) is 0 Å². The van der Waals surface area contributed by atoms with Gasteiger partial charge in [-0.1, -0.05) is 0 Å². The van der Waals surface area contributed by atoms with Crippen molar-refractivity contribution in [2.24, 2.45) is 5.73 Å². The van der Waals surface area contributed by atoms with Crippen LogP contribution < -0.4 is 11.1 Å². The topological polar surface area (TPSA) is 95.7 Å². The number of amides is 3. The van der Waals surface area contributed by atoms with Gasteiger partial charge in [-0.15, -0.1) is 0 Å². The van der Waals surface area contributed by atoms with Crippen molar-refractivity contribution in [2.75, 3.05) is 25.1 Å². The maximum atomic E-state index is 12.2. The molecule has 1 heterocycles. The van der Waals surface area contributed by atoms with Crippen LogP contribution in [0.25, 0.3) is 0 Å². The zero-order valence-electron chi connectivity index (χ0n) is 10.6. The van der Waals surface area contributed by atoms with Crippen LogP contribution in [0.15, 0.2) is 0 Å². The summed E-state index contributed by atoms with van der Waals surface area (Å²) >= 11 is 1.62. The molecule has 1 fully saturated rings. The van der Waals surface area contributed by atoms with E-state index in [0.717, 1.165) is 5.75 Å². The number of rotatable bonds is 5. The molecular weight excluding hydrogens is 254 g/mol. The van der Waals surface area contributed by atoms with Crippen molar-refractivity contribution < 1.29 is 14.7 Å². The number of piperidine rings is 1. The van der Waals surface area contributed by atoms with Gasteiger partial charge in [0, 0.05) is 13.1 Å². The normalized spacial score (nSPS) is 18.4. The molecule has 6 nitrogen and oxygen atoms in total. The highest BCUT2D eigenvalue weighted by Crippen LogP contribution is 2.13. The van der Waals surface area contributed by atoms with E-state index in [-0.39, 0.29) is 12.0 Å². The predicted octanol–water partition coefficient (Wildman–Crippen LogP) is -0.240. The lowest BCUT2D eigenvalue weighted by atomic mass is 10.1. The second kappa shape index (κ2) is 7.48. The molecule has 1 unspecified atom stereocenters. The molecule has 0 aromatic carbocycles. The quantitative estimate of drug-likeness (QED) is 0.645. The third kappa shape index (κ3) is 4.73. The highest BCUT2D eigenvalue weighted by atomic mass is 32.2. The Morgan fingerprint density at radius 1 is 1.50 bits per heavy atom. The fourth-order valence-electron chi connectivity index (χ4n) is 1.97. The second-order valence-electron chi connectivity index (χ2n) is 4.40. The first-order valence-corrected chi connectivity index (χ1v) is 7.45. The summed E-state index contributed by atoms with van der Waals surface area (Å²) in [5.74, 6) is 0.683. The monoisotopic (exact) mass is 275 g/mol. The number of nitrogens with two attached hydrogens (primary N) is 1. The molecular formula is C11H21N3O3S. The number of nitrogens with zero attached hydrogens (tertiary/aromatic N) is 1. The van der Waals surface area contributed by atoms with Gasteiger partial charge in [-0.2, -0.15) is 11.8 Å². The molecule has 0 radical (unpaired) electrons. The van der Waals surface area contributed by atoms with Crippen molar-refractivity contribution in [1.82, 2.24) is 10.2 Å². The predicted molar refractivity (Wildman–Crippen MR) is 71.3 cm³/mol. The van der Waals surface area contributed by atoms with Crippen LogP contribution in [-0.4, -0.2) is 59.2 Å². The van der Waals surface area contributed by atoms with Gasteiger partial charge < -0.3 is 21.1 Å². The molecule has 0 bridgehead atoms. The summed E-state index contributed by atoms with van der Waals surface area (Å²) in [7, 11) is 0. The van der Waals surface area contributed by atoms with Crippen molar-refractivity contribution in [3.05, 3.63) is 0 Å². The fourth-order valence-corrected chi connectivity index (χ4v) is 2.44. The Morgan fingerprint density at radius 2 is 2.11 bits per heavy atom. The van der Waals surface area contributed by atoms with Gasteiger partial charge in [-0.05, 0) is 31.3 Å². The van der Waals surface area contributed by atoms with Crippen LogP contribution in [0.3, 0.4) is 0 Å². The third-order valence-electron chi connectivity index (χ3n) is 3.00. The van der Waals surface area contributed by atoms with E-state index in [4.69, 9.17) is 5.73 Å². The third-order valence-corrected chi connectivity index (χ3v) is 3.65. The van der Waals surface area contributed by atoms with Gasteiger partial charge in [-0.3, -0.25) is 4.79 Å². The summed E-state index contributed by atoms with van der Waals surface area (Å²) in [5.41, 5.74) is 5.09. The Balaban J connectivity index is 2.54. The molecule has 0 spiro atoms. The second-order valence-corrected chi connectivity index (χ2v) is 5.38. The number of aliphatic hydroxyl groups excluding tert-OH is 1. The average molecular weight is 275 g/mol. The lowest BCUT2D eigenvalue weighted by Gasteiger charge is -2.32. The van der Waals surface area contributed by atoms with Crippen molar-refractivity contribution in [2.45, 2.75) is 31.4 Å². The lowest BCUT2D eigenvalue weighted by Crippen LogP contribution is -2.52. The first-order valence-electron chi connectivity index (χ1n) is 6.06. The highest BCUT2D eigenvalue weighted by molar-refractivity contribution is 7.98. The summed E-state index contributed by atoms with van der Waals surface area (Å²) in [6, 6.07) is -1.23. The van der Waals surface area contributed by atoms with Crippen LogP contribution in [0, 0.1) is 0 Å². The Kier molecular flexibility index (Phi) is 6.28. The molecule has 0 aromatic rings. The molecule has 4 N–H and O–H groups in total. The van der Waals surface area contributed by atoms with E-state index < -0.39 is 12.1 Å². The number of urea groups is 1. The van der Waals surface area contributed by atoms with E-state index in [2.05, 4.69) is 5.32 Å². The van der Waals surface area contributed by atoms with Gasteiger partial charge in [0.1, 0.15) is 6.04 Å². The minimum absolute atomic E-state index is 0.102. The number of likely N-dealkylation sites (tertiary alicyclic amines) is 1. The zero-order chi connectivity index (χ0) is 13.5. The number of carbonyl (C=O) groups is 2. The minimum atomic E-state index is -0.675. The van der Waals surface area contributed by atoms with Gasteiger partial charge in [0.25, 0.3) is 0 Å². The summed E-state index contributed by atoms with van der Waals surface area (Å²) in [5, 5.41) is 11.9. The smallest absolute Gasteiger partial charge is 0.312 e. The van der Waals surface area contributed by atoms with Crippen molar-refractivity contribution >= 4 is 23.7 Å². The van der Waals surface area contributed by atoms with Crippen molar-refractivity contribution in [3.63, 3.8) is 0 Å². The van der Waals surface area contributed by atoms with Crippen molar-refractivity contribution in [1.29, 1.82) is 0 Å². The SMILES string of the molecule is CSCCC(NC(N)=O)C(=O)N1CCC(O)CC1. The van der Waals surface area contributed by atoms with Crippen LogP contribution in [0.1, 0.15) is 19.3 Å². The van der Waals surface area contributed by atoms with E-state index >= 15 is 0 Å². The lowest BCUT2D eigenvalue weighted by molar-refractivity contribution is -0.135. The van der Waals surface area contributed by atoms with Gasteiger partial charge in [-0.25, -0.2) is 4.79 Å². The van der Waals surface area contributed by atoms with Crippen LogP contribution >= 0.6 is 11.8 Å². The van der Waals surface area contributed by atoms with Gasteiger partial charge >= 0.3 is 6.03 Å².